The second-order valence-corrected chi connectivity index (χ2v) is 5.46. The molecule has 0 spiro atoms. The molecule has 0 saturated carbocycles. The van der Waals surface area contributed by atoms with Crippen LogP contribution in [0.1, 0.15) is 0 Å². The van der Waals surface area contributed by atoms with Crippen molar-refractivity contribution in [2.75, 3.05) is 0 Å². The van der Waals surface area contributed by atoms with E-state index in [2.05, 4.69) is 48.5 Å². The van der Waals surface area contributed by atoms with Crippen LogP contribution < -0.4 is 0 Å². The molecule has 0 unspecified atom stereocenters. The minimum Gasteiger partial charge on any atom is -0.0622 e. The Balaban J connectivity index is 0.000000337. The third-order valence-corrected chi connectivity index (χ3v) is 1.88. The van der Waals surface area contributed by atoms with Crippen LogP contribution in [0, 0.1) is 0 Å². The number of rotatable bonds is 1. The Bertz CT molecular complexity index is 324. The van der Waals surface area contributed by atoms with Crippen LogP contribution >= 0.6 is 20.2 Å². The van der Waals surface area contributed by atoms with E-state index in [1.807, 2.05) is 12.1 Å². The van der Waals surface area contributed by atoms with E-state index in [0.29, 0.717) is 0 Å². The summed E-state index contributed by atoms with van der Waals surface area (Å²) in [5.41, 5.74) is 2.55. The van der Waals surface area contributed by atoms with Gasteiger partial charge in [-0.05, 0) is 11.1 Å². The van der Waals surface area contributed by atoms with E-state index < -0.39 is 0 Å². The van der Waals surface area contributed by atoms with Crippen molar-refractivity contribution < 1.29 is 0 Å². The summed E-state index contributed by atoms with van der Waals surface area (Å²) in [6.07, 6.45) is 0. The molecule has 2 aromatic rings. The average Bonchev–Trinajstić information content (AvgIpc) is 2.32. The first kappa shape index (κ1) is 12.6. The zero-order valence-electron chi connectivity index (χ0n) is 7.94. The Hall–Kier alpha value is -0.461. The number of halogens is 2. The maximum absolute atomic E-state index is 4.83. The van der Waals surface area contributed by atoms with Crippen LogP contribution in [-0.2, 0) is 0 Å². The fraction of sp³-hybridized carbons (Fsp3) is 0. The molecule has 0 aliphatic rings. The topological polar surface area (TPSA) is 0 Å². The minimum absolute atomic E-state index is 0.181. The van der Waals surface area contributed by atoms with Crippen molar-refractivity contribution in [3.8, 4) is 11.1 Å². The van der Waals surface area contributed by atoms with Crippen molar-refractivity contribution in [3.05, 3.63) is 60.7 Å². The van der Waals surface area contributed by atoms with Gasteiger partial charge in [-0.3, -0.25) is 0 Å². The fourth-order valence-electron chi connectivity index (χ4n) is 1.26. The molecule has 0 aliphatic carbocycles. The molecule has 15 heavy (non-hydrogen) atoms. The summed E-state index contributed by atoms with van der Waals surface area (Å²) in [6, 6.07) is 20.8. The maximum atomic E-state index is 4.83. The van der Waals surface area contributed by atoms with Crippen molar-refractivity contribution in [2.45, 2.75) is 0 Å². The summed E-state index contributed by atoms with van der Waals surface area (Å²) in [4.78, 5) is 0. The molecular weight excluding hydrogens is 294 g/mol. The van der Waals surface area contributed by atoms with Crippen LogP contribution in [0.15, 0.2) is 60.7 Å². The van der Waals surface area contributed by atoms with Crippen LogP contribution in [0.3, 0.4) is 0 Å². The number of benzene rings is 2. The predicted octanol–water partition coefficient (Wildman–Crippen LogP) is 4.35. The molecule has 0 radical (unpaired) electrons. The molecule has 0 nitrogen and oxygen atoms in total. The van der Waals surface area contributed by atoms with Gasteiger partial charge < -0.3 is 0 Å². The molecule has 0 atom stereocenters. The van der Waals surface area contributed by atoms with Gasteiger partial charge in [0.1, 0.15) is 0 Å². The third kappa shape index (κ3) is 4.72. The largest absolute Gasteiger partial charge is 0.0622 e. The Kier molecular flexibility index (Phi) is 6.54. The number of hydrogen-bond acceptors (Lipinski definition) is 0. The zero-order chi connectivity index (χ0) is 10.9. The van der Waals surface area contributed by atoms with Gasteiger partial charge in [0, 0.05) is 0 Å². The van der Waals surface area contributed by atoms with E-state index in [-0.39, 0.29) is 13.1 Å². The van der Waals surface area contributed by atoms with Crippen molar-refractivity contribution in [1.29, 1.82) is 0 Å². The quantitative estimate of drug-likeness (QED) is 0.687. The van der Waals surface area contributed by atoms with Gasteiger partial charge in [0.2, 0.25) is 0 Å². The van der Waals surface area contributed by atoms with Gasteiger partial charge in [-0.1, -0.05) is 60.7 Å². The molecule has 0 fully saturated rings. The summed E-state index contributed by atoms with van der Waals surface area (Å²) >= 11 is -0.181. The van der Waals surface area contributed by atoms with Crippen LogP contribution in [0.25, 0.3) is 11.1 Å². The summed E-state index contributed by atoms with van der Waals surface area (Å²) in [5.74, 6) is 0. The van der Waals surface area contributed by atoms with Crippen molar-refractivity contribution in [3.63, 3.8) is 0 Å². The van der Waals surface area contributed by atoms with E-state index in [0.717, 1.165) is 0 Å². The maximum Gasteiger partial charge on any atom is -0.0184 e. The van der Waals surface area contributed by atoms with Gasteiger partial charge in [-0.25, -0.2) is 0 Å². The standard InChI is InChI=1S/C12H10.Cl2Se/c1-3-7-11(8-4-1)12-9-5-2-6-10-12;1-3-2/h1-10H;. The van der Waals surface area contributed by atoms with Gasteiger partial charge in [0.05, 0.1) is 0 Å². The van der Waals surface area contributed by atoms with Gasteiger partial charge in [-0.2, -0.15) is 0 Å². The second kappa shape index (κ2) is 7.78. The van der Waals surface area contributed by atoms with E-state index in [1.165, 1.54) is 11.1 Å². The molecule has 2 rings (SSSR count). The zero-order valence-corrected chi connectivity index (χ0v) is 11.2. The first-order valence-electron chi connectivity index (χ1n) is 4.38. The molecular formula is C12H10Cl2Se. The monoisotopic (exact) mass is 304 g/mol. The molecule has 0 heterocycles. The summed E-state index contributed by atoms with van der Waals surface area (Å²) in [6.45, 7) is 0. The van der Waals surface area contributed by atoms with E-state index in [4.69, 9.17) is 20.2 Å². The molecule has 0 aliphatic heterocycles. The molecule has 0 saturated heterocycles. The Morgan fingerprint density at radius 1 is 0.600 bits per heavy atom. The van der Waals surface area contributed by atoms with Crippen molar-refractivity contribution in [1.82, 2.24) is 0 Å². The van der Waals surface area contributed by atoms with Crippen molar-refractivity contribution in [2.24, 2.45) is 0 Å². The predicted molar refractivity (Wildman–Crippen MR) is 69.3 cm³/mol. The Morgan fingerprint density at radius 3 is 1.13 bits per heavy atom. The van der Waals surface area contributed by atoms with Crippen LogP contribution in [0.5, 0.6) is 0 Å². The average molecular weight is 304 g/mol. The third-order valence-electron chi connectivity index (χ3n) is 1.88. The SMILES string of the molecule is Cl[Se]Cl.c1ccc(-c2ccccc2)cc1. The van der Waals surface area contributed by atoms with Crippen LogP contribution in [-0.4, -0.2) is 13.1 Å². The van der Waals surface area contributed by atoms with Gasteiger partial charge in [0.15, 0.2) is 0 Å². The summed E-state index contributed by atoms with van der Waals surface area (Å²) < 4.78 is 0. The molecule has 0 amide bonds. The summed E-state index contributed by atoms with van der Waals surface area (Å²) in [5, 5.41) is 0. The van der Waals surface area contributed by atoms with Gasteiger partial charge in [-0.15, -0.1) is 0 Å². The molecule has 0 bridgehead atoms. The summed E-state index contributed by atoms with van der Waals surface area (Å²) in [7, 11) is 9.65. The smallest absolute Gasteiger partial charge is 0.0184 e. The minimum atomic E-state index is -0.181. The van der Waals surface area contributed by atoms with Crippen molar-refractivity contribution >= 4 is 33.3 Å². The van der Waals surface area contributed by atoms with Crippen LogP contribution in [0.4, 0.5) is 0 Å². The van der Waals surface area contributed by atoms with Crippen LogP contribution in [0.2, 0.25) is 0 Å². The number of hydrogen-bond donors (Lipinski definition) is 0. The molecule has 78 valence electrons. The second-order valence-electron chi connectivity index (χ2n) is 2.79. The molecule has 0 N–H and O–H groups in total. The molecule has 3 heteroatoms. The first-order chi connectivity index (χ1) is 7.38. The molecule has 0 aromatic heterocycles. The van der Waals surface area contributed by atoms with Gasteiger partial charge >= 0.3 is 33.3 Å². The fourth-order valence-corrected chi connectivity index (χ4v) is 1.26. The first-order valence-corrected chi connectivity index (χ1v) is 8.88. The van der Waals surface area contributed by atoms with E-state index in [1.54, 1.807) is 0 Å². The van der Waals surface area contributed by atoms with E-state index in [9.17, 15) is 0 Å². The van der Waals surface area contributed by atoms with Gasteiger partial charge in [0.25, 0.3) is 0 Å². The molecule has 2 aromatic carbocycles. The normalized spacial score (nSPS) is 8.93. The Labute approximate surface area is 105 Å². The Morgan fingerprint density at radius 2 is 0.867 bits per heavy atom. The van der Waals surface area contributed by atoms with E-state index >= 15 is 0 Å².